The second-order valence-electron chi connectivity index (χ2n) is 9.55. The number of carbonyl (C=O) groups is 1. The minimum absolute atomic E-state index is 0.00431. The standard InChI is InChI=1S/C23H30N2O4/c26-22(16-2-1-3-16)24-11-17-18-13-25(14-23(18)7-6-19(17)29-23)12-15-4-5-20-21(10-15)28-9-8-27-20/h4-5,10,16-19H,1-3,6-9,11-14H2,(H,24,26)/t17-,18+,19+,23+/m0/s1. The minimum Gasteiger partial charge on any atom is -0.486 e. The van der Waals surface area contributed by atoms with Crippen molar-refractivity contribution in [3.63, 3.8) is 0 Å². The molecule has 1 amide bonds. The largest absolute Gasteiger partial charge is 0.486 e. The predicted octanol–water partition coefficient (Wildman–Crippen LogP) is 2.35. The highest BCUT2D eigenvalue weighted by atomic mass is 16.6. The van der Waals surface area contributed by atoms with Crippen molar-refractivity contribution in [1.82, 2.24) is 10.2 Å². The Bertz CT molecular complexity index is 810. The summed E-state index contributed by atoms with van der Waals surface area (Å²) in [4.78, 5) is 14.8. The first-order valence-electron chi connectivity index (χ1n) is 11.3. The van der Waals surface area contributed by atoms with Gasteiger partial charge in [-0.3, -0.25) is 9.69 Å². The Hall–Kier alpha value is -1.79. The van der Waals surface area contributed by atoms with Crippen molar-refractivity contribution >= 4 is 5.91 Å². The third kappa shape index (κ3) is 3.03. The Morgan fingerprint density at radius 2 is 2.03 bits per heavy atom. The van der Waals surface area contributed by atoms with Crippen LogP contribution in [0.2, 0.25) is 0 Å². The topological polar surface area (TPSA) is 60.0 Å². The molecule has 2 bridgehead atoms. The van der Waals surface area contributed by atoms with Crippen LogP contribution >= 0.6 is 0 Å². The number of ether oxygens (including phenoxy) is 3. The Kier molecular flexibility index (Phi) is 4.27. The Morgan fingerprint density at radius 1 is 1.17 bits per heavy atom. The van der Waals surface area contributed by atoms with Crippen LogP contribution in [0.25, 0.3) is 0 Å². The minimum atomic E-state index is 0.00431. The van der Waals surface area contributed by atoms with Gasteiger partial charge in [0.15, 0.2) is 11.5 Å². The molecular weight excluding hydrogens is 368 g/mol. The van der Waals surface area contributed by atoms with Gasteiger partial charge in [-0.1, -0.05) is 12.5 Å². The van der Waals surface area contributed by atoms with Crippen LogP contribution in [0, 0.1) is 17.8 Å². The maximum absolute atomic E-state index is 12.3. The number of nitrogens with one attached hydrogen (secondary N) is 1. The molecule has 5 aliphatic rings. The zero-order chi connectivity index (χ0) is 19.4. The average Bonchev–Trinajstić information content (AvgIpc) is 3.33. The number of nitrogens with zero attached hydrogens (tertiary/aromatic N) is 1. The van der Waals surface area contributed by atoms with Gasteiger partial charge >= 0.3 is 0 Å². The van der Waals surface area contributed by atoms with Crippen molar-refractivity contribution in [2.24, 2.45) is 17.8 Å². The van der Waals surface area contributed by atoms with Crippen LogP contribution in [-0.2, 0) is 16.1 Å². The monoisotopic (exact) mass is 398 g/mol. The number of amides is 1. The first-order chi connectivity index (χ1) is 14.2. The maximum atomic E-state index is 12.3. The summed E-state index contributed by atoms with van der Waals surface area (Å²) in [5.74, 6) is 3.22. The number of rotatable bonds is 5. The molecule has 6 heteroatoms. The van der Waals surface area contributed by atoms with Crippen LogP contribution < -0.4 is 14.8 Å². The molecule has 29 heavy (non-hydrogen) atoms. The average molecular weight is 399 g/mol. The molecule has 4 atom stereocenters. The first kappa shape index (κ1) is 18.0. The summed E-state index contributed by atoms with van der Waals surface area (Å²) in [5.41, 5.74) is 1.26. The molecule has 0 unspecified atom stereocenters. The van der Waals surface area contributed by atoms with Crippen molar-refractivity contribution in [1.29, 1.82) is 0 Å². The van der Waals surface area contributed by atoms with Gasteiger partial charge in [-0.05, 0) is 43.4 Å². The van der Waals surface area contributed by atoms with E-state index >= 15 is 0 Å². The van der Waals surface area contributed by atoms with Gasteiger partial charge in [0.05, 0.1) is 11.7 Å². The normalized spacial score (nSPS) is 35.4. The molecule has 4 aliphatic heterocycles. The molecule has 156 valence electrons. The summed E-state index contributed by atoms with van der Waals surface area (Å²) in [5, 5.41) is 3.25. The van der Waals surface area contributed by atoms with Gasteiger partial charge < -0.3 is 19.5 Å². The van der Waals surface area contributed by atoms with Gasteiger partial charge in [0.25, 0.3) is 0 Å². The van der Waals surface area contributed by atoms with Gasteiger partial charge in [0.1, 0.15) is 13.2 Å². The predicted molar refractivity (Wildman–Crippen MR) is 107 cm³/mol. The molecule has 6 nitrogen and oxygen atoms in total. The van der Waals surface area contributed by atoms with E-state index in [9.17, 15) is 4.79 Å². The molecule has 1 saturated carbocycles. The van der Waals surface area contributed by atoms with Crippen molar-refractivity contribution in [2.75, 3.05) is 32.8 Å². The number of fused-ring (bicyclic) bond motifs is 2. The lowest BCUT2D eigenvalue weighted by Gasteiger charge is -2.31. The van der Waals surface area contributed by atoms with E-state index in [1.165, 1.54) is 12.0 Å². The third-order valence-electron chi connectivity index (χ3n) is 7.86. The second kappa shape index (κ2) is 6.88. The molecule has 1 spiro atoms. The van der Waals surface area contributed by atoms with Crippen molar-refractivity contribution in [2.45, 2.75) is 50.4 Å². The molecule has 0 aromatic heterocycles. The number of benzene rings is 1. The van der Waals surface area contributed by atoms with Crippen LogP contribution in [0.4, 0.5) is 0 Å². The lowest BCUT2D eigenvalue weighted by molar-refractivity contribution is -0.127. The number of carbonyl (C=O) groups excluding carboxylic acids is 1. The number of hydrogen-bond donors (Lipinski definition) is 1. The molecule has 1 aliphatic carbocycles. The molecule has 4 heterocycles. The lowest BCUT2D eigenvalue weighted by atomic mass is 9.73. The number of likely N-dealkylation sites (tertiary alicyclic amines) is 1. The van der Waals surface area contributed by atoms with Crippen LogP contribution in [0.15, 0.2) is 18.2 Å². The Labute approximate surface area is 171 Å². The van der Waals surface area contributed by atoms with Crippen molar-refractivity contribution < 1.29 is 19.0 Å². The molecule has 1 N–H and O–H groups in total. The van der Waals surface area contributed by atoms with Crippen LogP contribution in [0.3, 0.4) is 0 Å². The van der Waals surface area contributed by atoms with Crippen LogP contribution in [0.1, 0.15) is 37.7 Å². The molecule has 4 fully saturated rings. The quantitative estimate of drug-likeness (QED) is 0.825. The van der Waals surface area contributed by atoms with Gasteiger partial charge in [0.2, 0.25) is 5.91 Å². The number of hydrogen-bond acceptors (Lipinski definition) is 5. The maximum Gasteiger partial charge on any atom is 0.223 e. The highest BCUT2D eigenvalue weighted by Crippen LogP contribution is 2.54. The van der Waals surface area contributed by atoms with Crippen LogP contribution in [-0.4, -0.2) is 55.4 Å². The lowest BCUT2D eigenvalue weighted by Crippen LogP contribution is -2.44. The van der Waals surface area contributed by atoms with Crippen molar-refractivity contribution in [3.8, 4) is 11.5 Å². The highest BCUT2D eigenvalue weighted by molar-refractivity contribution is 5.79. The molecule has 0 radical (unpaired) electrons. The third-order valence-corrected chi connectivity index (χ3v) is 7.86. The zero-order valence-corrected chi connectivity index (χ0v) is 16.9. The van der Waals surface area contributed by atoms with E-state index in [-0.39, 0.29) is 17.4 Å². The first-order valence-corrected chi connectivity index (χ1v) is 11.3. The van der Waals surface area contributed by atoms with Gasteiger partial charge in [-0.2, -0.15) is 0 Å². The fourth-order valence-electron chi connectivity index (χ4n) is 6.16. The Balaban J connectivity index is 1.12. The summed E-state index contributed by atoms with van der Waals surface area (Å²) in [6, 6.07) is 6.29. The molecule has 6 rings (SSSR count). The van der Waals surface area contributed by atoms with E-state index in [0.717, 1.165) is 63.4 Å². The summed E-state index contributed by atoms with van der Waals surface area (Å²) in [6.07, 6.45) is 5.96. The van der Waals surface area contributed by atoms with E-state index in [1.807, 2.05) is 6.07 Å². The molecule has 3 saturated heterocycles. The molecule has 1 aromatic rings. The van der Waals surface area contributed by atoms with Gasteiger partial charge in [-0.25, -0.2) is 0 Å². The fraction of sp³-hybridized carbons (Fsp3) is 0.696. The fourth-order valence-corrected chi connectivity index (χ4v) is 6.16. The second-order valence-corrected chi connectivity index (χ2v) is 9.55. The summed E-state index contributed by atoms with van der Waals surface area (Å²) in [6.45, 7) is 4.98. The van der Waals surface area contributed by atoms with Crippen LogP contribution in [0.5, 0.6) is 11.5 Å². The summed E-state index contributed by atoms with van der Waals surface area (Å²) >= 11 is 0. The SMILES string of the molecule is O=C(NC[C@H]1[C@H]2CN(Cc3ccc4c(c3)OCCO4)C[C@]23CC[C@H]1O3)C1CCC1. The van der Waals surface area contributed by atoms with E-state index in [1.54, 1.807) is 0 Å². The van der Waals surface area contributed by atoms with E-state index in [4.69, 9.17) is 14.2 Å². The van der Waals surface area contributed by atoms with E-state index in [0.29, 0.717) is 31.2 Å². The van der Waals surface area contributed by atoms with E-state index in [2.05, 4.69) is 22.3 Å². The summed E-state index contributed by atoms with van der Waals surface area (Å²) in [7, 11) is 0. The smallest absolute Gasteiger partial charge is 0.223 e. The molecule has 1 aromatic carbocycles. The van der Waals surface area contributed by atoms with Gasteiger partial charge in [-0.15, -0.1) is 0 Å². The van der Waals surface area contributed by atoms with Gasteiger partial charge in [0, 0.05) is 43.9 Å². The zero-order valence-electron chi connectivity index (χ0n) is 16.9. The summed E-state index contributed by atoms with van der Waals surface area (Å²) < 4.78 is 17.9. The van der Waals surface area contributed by atoms with Crippen molar-refractivity contribution in [3.05, 3.63) is 23.8 Å². The Morgan fingerprint density at radius 3 is 2.86 bits per heavy atom. The highest BCUT2D eigenvalue weighted by Gasteiger charge is 2.62. The molecular formula is C23H30N2O4. The van der Waals surface area contributed by atoms with E-state index < -0.39 is 0 Å².